The molecule has 0 radical (unpaired) electrons. The van der Waals surface area contributed by atoms with E-state index in [1.807, 2.05) is 13.8 Å². The summed E-state index contributed by atoms with van der Waals surface area (Å²) >= 11 is 0. The topological polar surface area (TPSA) is 71.4 Å². The van der Waals surface area contributed by atoms with Crippen molar-refractivity contribution in [2.75, 3.05) is 0 Å². The molecule has 3 atom stereocenters. The highest BCUT2D eigenvalue weighted by Crippen LogP contribution is 2.47. The Labute approximate surface area is 112 Å². The number of hydrogen-bond acceptors (Lipinski definition) is 3. The third kappa shape index (κ3) is 2.05. The van der Waals surface area contributed by atoms with E-state index in [-0.39, 0.29) is 17.5 Å². The largest absolute Gasteiger partial charge is 0.481 e. The highest BCUT2D eigenvalue weighted by Gasteiger charge is 2.44. The van der Waals surface area contributed by atoms with Gasteiger partial charge in [0.05, 0.1) is 5.92 Å². The molecule has 4 nitrogen and oxygen atoms in total. The van der Waals surface area contributed by atoms with Gasteiger partial charge in [-0.15, -0.1) is 0 Å². The molecule has 2 aliphatic carbocycles. The molecule has 1 fully saturated rings. The quantitative estimate of drug-likeness (QED) is 0.827. The van der Waals surface area contributed by atoms with Crippen molar-refractivity contribution >= 4 is 17.5 Å². The van der Waals surface area contributed by atoms with Crippen LogP contribution in [-0.4, -0.2) is 22.6 Å². The zero-order chi connectivity index (χ0) is 14.4. The highest BCUT2D eigenvalue weighted by atomic mass is 16.4. The number of rotatable bonds is 2. The summed E-state index contributed by atoms with van der Waals surface area (Å²) in [4.78, 5) is 35.0. The number of hydrogen-bond donors (Lipinski definition) is 1. The molecule has 0 spiro atoms. The molecule has 102 valence electrons. The van der Waals surface area contributed by atoms with Crippen LogP contribution in [0.15, 0.2) is 23.3 Å². The summed E-state index contributed by atoms with van der Waals surface area (Å²) in [6, 6.07) is 0. The number of ketones is 2. The Morgan fingerprint density at radius 3 is 2.63 bits per heavy atom. The summed E-state index contributed by atoms with van der Waals surface area (Å²) in [5, 5.41) is 9.07. The number of carboxylic acids is 1. The molecule has 19 heavy (non-hydrogen) atoms. The van der Waals surface area contributed by atoms with E-state index in [0.717, 1.165) is 5.57 Å². The molecule has 1 N–H and O–H groups in total. The summed E-state index contributed by atoms with van der Waals surface area (Å²) in [6.07, 6.45) is 4.31. The van der Waals surface area contributed by atoms with Crippen LogP contribution >= 0.6 is 0 Å². The minimum absolute atomic E-state index is 0.174. The molecule has 1 saturated carbocycles. The first kappa shape index (κ1) is 13.7. The van der Waals surface area contributed by atoms with E-state index in [9.17, 15) is 14.4 Å². The first-order valence-corrected chi connectivity index (χ1v) is 6.51. The molecule has 0 aromatic heterocycles. The Bertz CT molecular complexity index is 526. The number of carbonyl (C=O) groups excluding carboxylic acids is 2. The van der Waals surface area contributed by atoms with Crippen LogP contribution in [0.5, 0.6) is 0 Å². The first-order chi connectivity index (χ1) is 8.77. The van der Waals surface area contributed by atoms with Crippen molar-refractivity contribution in [2.24, 2.45) is 17.3 Å². The molecule has 3 unspecified atom stereocenters. The van der Waals surface area contributed by atoms with Crippen LogP contribution in [0, 0.1) is 17.3 Å². The van der Waals surface area contributed by atoms with Gasteiger partial charge in [-0.05, 0) is 19.4 Å². The summed E-state index contributed by atoms with van der Waals surface area (Å²) in [5.41, 5.74) is 0.730. The molecule has 4 heteroatoms. The Balaban J connectivity index is 2.48. The van der Waals surface area contributed by atoms with E-state index >= 15 is 0 Å². The summed E-state index contributed by atoms with van der Waals surface area (Å²) < 4.78 is 0. The number of aliphatic carboxylic acids is 1. The van der Waals surface area contributed by atoms with Gasteiger partial charge in [-0.25, -0.2) is 0 Å². The molecule has 0 heterocycles. The van der Waals surface area contributed by atoms with Crippen molar-refractivity contribution in [1.82, 2.24) is 0 Å². The average molecular weight is 262 g/mol. The zero-order valence-electron chi connectivity index (χ0n) is 11.4. The Morgan fingerprint density at radius 2 is 2.05 bits per heavy atom. The van der Waals surface area contributed by atoms with E-state index in [4.69, 9.17) is 5.11 Å². The van der Waals surface area contributed by atoms with Crippen LogP contribution in [0.2, 0.25) is 0 Å². The molecular formula is C15H18O4. The van der Waals surface area contributed by atoms with Crippen LogP contribution in [0.4, 0.5) is 0 Å². The average Bonchev–Trinajstić information content (AvgIpc) is 2.35. The maximum Gasteiger partial charge on any atom is 0.310 e. The van der Waals surface area contributed by atoms with Gasteiger partial charge in [-0.1, -0.05) is 25.5 Å². The van der Waals surface area contributed by atoms with Crippen molar-refractivity contribution in [3.63, 3.8) is 0 Å². The van der Waals surface area contributed by atoms with Crippen molar-refractivity contribution < 1.29 is 19.5 Å². The van der Waals surface area contributed by atoms with Crippen molar-refractivity contribution in [3.8, 4) is 0 Å². The minimum Gasteiger partial charge on any atom is -0.481 e. The summed E-state index contributed by atoms with van der Waals surface area (Å²) in [5.74, 6) is -2.13. The number of carboxylic acid groups (broad SMARTS) is 1. The van der Waals surface area contributed by atoms with Gasteiger partial charge in [0.2, 0.25) is 0 Å². The molecule has 0 aliphatic heterocycles. The number of carbonyl (C=O) groups is 3. The van der Waals surface area contributed by atoms with Gasteiger partial charge in [-0.3, -0.25) is 14.4 Å². The van der Waals surface area contributed by atoms with Gasteiger partial charge in [0, 0.05) is 23.3 Å². The molecule has 0 aromatic carbocycles. The lowest BCUT2D eigenvalue weighted by Crippen LogP contribution is -2.39. The molecule has 0 saturated heterocycles. The van der Waals surface area contributed by atoms with Crippen LogP contribution in [0.1, 0.15) is 33.6 Å². The zero-order valence-corrected chi connectivity index (χ0v) is 11.4. The smallest absolute Gasteiger partial charge is 0.310 e. The second-order valence-corrected chi connectivity index (χ2v) is 5.66. The molecule has 0 aromatic rings. The predicted octanol–water partition coefficient (Wildman–Crippen LogP) is 2.15. The lowest BCUT2D eigenvalue weighted by molar-refractivity contribution is -0.140. The number of fused-ring (bicyclic) bond motifs is 1. The van der Waals surface area contributed by atoms with Crippen molar-refractivity contribution in [1.29, 1.82) is 0 Å². The second-order valence-electron chi connectivity index (χ2n) is 5.66. The van der Waals surface area contributed by atoms with Gasteiger partial charge in [0.1, 0.15) is 5.78 Å². The standard InChI is InChI=1S/C15H18O4/c1-8(14(18)19)11-7-15(3)9(2)12(16)5-4-10(15)6-13(11)17/h6-9H,4-5H2,1-3H3,(H,18,19). The van der Waals surface area contributed by atoms with Crippen LogP contribution < -0.4 is 0 Å². The minimum atomic E-state index is -1.02. The second kappa shape index (κ2) is 4.44. The Morgan fingerprint density at radius 1 is 1.42 bits per heavy atom. The van der Waals surface area contributed by atoms with Gasteiger partial charge >= 0.3 is 5.97 Å². The Kier molecular flexibility index (Phi) is 3.20. The number of Topliss-reactive ketones (excluding diaryl/α,β-unsaturated/α-hetero) is 1. The fourth-order valence-corrected chi connectivity index (χ4v) is 2.91. The van der Waals surface area contributed by atoms with Crippen LogP contribution in [-0.2, 0) is 14.4 Å². The first-order valence-electron chi connectivity index (χ1n) is 6.51. The van der Waals surface area contributed by atoms with Gasteiger partial charge in [0.15, 0.2) is 5.78 Å². The highest BCUT2D eigenvalue weighted by molar-refractivity contribution is 6.09. The van der Waals surface area contributed by atoms with E-state index in [0.29, 0.717) is 18.4 Å². The number of allylic oxidation sites excluding steroid dienone is 3. The van der Waals surface area contributed by atoms with E-state index < -0.39 is 17.3 Å². The predicted molar refractivity (Wildman–Crippen MR) is 69.5 cm³/mol. The van der Waals surface area contributed by atoms with Crippen LogP contribution in [0.3, 0.4) is 0 Å². The van der Waals surface area contributed by atoms with Crippen molar-refractivity contribution in [3.05, 3.63) is 23.3 Å². The third-order valence-corrected chi connectivity index (χ3v) is 4.60. The molecule has 2 aliphatic rings. The molecular weight excluding hydrogens is 244 g/mol. The van der Waals surface area contributed by atoms with Gasteiger partial charge in [-0.2, -0.15) is 0 Å². The summed E-state index contributed by atoms with van der Waals surface area (Å²) in [7, 11) is 0. The van der Waals surface area contributed by atoms with Crippen molar-refractivity contribution in [2.45, 2.75) is 33.6 Å². The lowest BCUT2D eigenvalue weighted by atomic mass is 9.61. The maximum absolute atomic E-state index is 12.0. The normalized spacial score (nSPS) is 32.3. The van der Waals surface area contributed by atoms with Gasteiger partial charge in [0.25, 0.3) is 0 Å². The van der Waals surface area contributed by atoms with Gasteiger partial charge < -0.3 is 5.11 Å². The monoisotopic (exact) mass is 262 g/mol. The maximum atomic E-state index is 12.0. The molecule has 0 amide bonds. The van der Waals surface area contributed by atoms with E-state index in [1.54, 1.807) is 6.08 Å². The summed E-state index contributed by atoms with van der Waals surface area (Å²) in [6.45, 7) is 5.27. The third-order valence-electron chi connectivity index (χ3n) is 4.60. The fraction of sp³-hybridized carbons (Fsp3) is 0.533. The molecule has 0 bridgehead atoms. The molecule has 2 rings (SSSR count). The fourth-order valence-electron chi connectivity index (χ4n) is 2.91. The lowest BCUT2D eigenvalue weighted by Gasteiger charge is -2.41. The van der Waals surface area contributed by atoms with Crippen LogP contribution in [0.25, 0.3) is 0 Å². The van der Waals surface area contributed by atoms with E-state index in [1.165, 1.54) is 13.0 Å². The SMILES string of the molecule is CC(C(=O)O)C1=CC2(C)C(=CC1=O)CCC(=O)C2C. The Hall–Kier alpha value is -1.71. The van der Waals surface area contributed by atoms with E-state index in [2.05, 4.69) is 0 Å².